The molecule has 1 aliphatic rings. The van der Waals surface area contributed by atoms with E-state index in [1.54, 1.807) is 0 Å². The second-order valence-electron chi connectivity index (χ2n) is 5.66. The average molecular weight is 261 g/mol. The SMILES string of the molecule is CCCc1ccc(C2CNC(CC)(CC)CO2)cc1. The van der Waals surface area contributed by atoms with Gasteiger partial charge in [0, 0.05) is 12.1 Å². The second kappa shape index (κ2) is 6.53. The monoisotopic (exact) mass is 261 g/mol. The van der Waals surface area contributed by atoms with Crippen LogP contribution in [0, 0.1) is 0 Å². The van der Waals surface area contributed by atoms with Gasteiger partial charge in [-0.2, -0.15) is 0 Å². The molecule has 1 aromatic rings. The number of rotatable bonds is 5. The minimum absolute atomic E-state index is 0.193. The van der Waals surface area contributed by atoms with Gasteiger partial charge >= 0.3 is 0 Å². The lowest BCUT2D eigenvalue weighted by atomic mass is 9.91. The van der Waals surface area contributed by atoms with Gasteiger partial charge in [-0.15, -0.1) is 0 Å². The molecular weight excluding hydrogens is 234 g/mol. The van der Waals surface area contributed by atoms with E-state index in [2.05, 4.69) is 50.4 Å². The van der Waals surface area contributed by atoms with E-state index in [4.69, 9.17) is 4.74 Å². The van der Waals surface area contributed by atoms with E-state index in [0.717, 1.165) is 26.0 Å². The van der Waals surface area contributed by atoms with E-state index in [9.17, 15) is 0 Å². The standard InChI is InChI=1S/C17H27NO/c1-4-7-14-8-10-15(11-9-14)16-12-18-17(5-2,6-3)13-19-16/h8-11,16,18H,4-7,12-13H2,1-3H3. The van der Waals surface area contributed by atoms with E-state index in [0.29, 0.717) is 0 Å². The Morgan fingerprint density at radius 1 is 1.16 bits per heavy atom. The Morgan fingerprint density at radius 3 is 2.32 bits per heavy atom. The third-order valence-electron chi connectivity index (χ3n) is 4.47. The van der Waals surface area contributed by atoms with Gasteiger partial charge in [0.2, 0.25) is 0 Å². The predicted octanol–water partition coefficient (Wildman–Crippen LogP) is 3.86. The third kappa shape index (κ3) is 3.37. The summed E-state index contributed by atoms with van der Waals surface area (Å²) in [7, 11) is 0. The highest BCUT2D eigenvalue weighted by Crippen LogP contribution is 2.27. The first-order valence-corrected chi connectivity index (χ1v) is 7.68. The van der Waals surface area contributed by atoms with Crippen LogP contribution in [0.4, 0.5) is 0 Å². The third-order valence-corrected chi connectivity index (χ3v) is 4.47. The van der Waals surface area contributed by atoms with Gasteiger partial charge in [0.05, 0.1) is 12.7 Å². The lowest BCUT2D eigenvalue weighted by molar-refractivity contribution is -0.0374. The number of aryl methyl sites for hydroxylation is 1. The minimum Gasteiger partial charge on any atom is -0.370 e. The number of nitrogens with one attached hydrogen (secondary N) is 1. The molecule has 0 spiro atoms. The first kappa shape index (κ1) is 14.5. The summed E-state index contributed by atoms with van der Waals surface area (Å²) in [6, 6.07) is 8.93. The molecular formula is C17H27NO. The molecule has 0 bridgehead atoms. The zero-order chi connectivity index (χ0) is 13.7. The summed E-state index contributed by atoms with van der Waals surface area (Å²) < 4.78 is 6.10. The number of morpholine rings is 1. The van der Waals surface area contributed by atoms with E-state index in [1.807, 2.05) is 0 Å². The van der Waals surface area contributed by atoms with Crippen LogP contribution in [0.2, 0.25) is 0 Å². The van der Waals surface area contributed by atoms with E-state index < -0.39 is 0 Å². The summed E-state index contributed by atoms with van der Waals surface area (Å²) in [6.07, 6.45) is 4.84. The molecule has 19 heavy (non-hydrogen) atoms. The Bertz CT molecular complexity index is 371. The van der Waals surface area contributed by atoms with Crippen molar-refractivity contribution in [1.29, 1.82) is 0 Å². The molecule has 1 aromatic carbocycles. The quantitative estimate of drug-likeness (QED) is 0.869. The first-order chi connectivity index (χ1) is 9.23. The molecule has 0 aliphatic carbocycles. The first-order valence-electron chi connectivity index (χ1n) is 7.68. The van der Waals surface area contributed by atoms with Crippen molar-refractivity contribution in [2.45, 2.75) is 58.1 Å². The molecule has 1 aliphatic heterocycles. The van der Waals surface area contributed by atoms with Gasteiger partial charge in [0.15, 0.2) is 0 Å². The number of hydrogen-bond acceptors (Lipinski definition) is 2. The van der Waals surface area contributed by atoms with E-state index in [-0.39, 0.29) is 11.6 Å². The van der Waals surface area contributed by atoms with Crippen LogP contribution in [0.3, 0.4) is 0 Å². The molecule has 0 amide bonds. The molecule has 0 radical (unpaired) electrons. The maximum Gasteiger partial charge on any atom is 0.0950 e. The van der Waals surface area contributed by atoms with E-state index >= 15 is 0 Å². The zero-order valence-electron chi connectivity index (χ0n) is 12.5. The smallest absolute Gasteiger partial charge is 0.0950 e. The molecule has 1 saturated heterocycles. The lowest BCUT2D eigenvalue weighted by Crippen LogP contribution is -2.54. The van der Waals surface area contributed by atoms with Crippen LogP contribution < -0.4 is 5.32 Å². The Kier molecular flexibility index (Phi) is 5.00. The molecule has 1 heterocycles. The Hall–Kier alpha value is -0.860. The van der Waals surface area contributed by atoms with Crippen molar-refractivity contribution in [3.63, 3.8) is 0 Å². The Balaban J connectivity index is 1.97. The summed E-state index contributed by atoms with van der Waals surface area (Å²) in [5.74, 6) is 0. The minimum atomic E-state index is 0.193. The van der Waals surface area contributed by atoms with Crippen molar-refractivity contribution in [2.75, 3.05) is 13.2 Å². The van der Waals surface area contributed by atoms with Gasteiger partial charge in [0.25, 0.3) is 0 Å². The maximum absolute atomic E-state index is 6.10. The molecule has 2 heteroatoms. The van der Waals surface area contributed by atoms with Gasteiger partial charge in [-0.05, 0) is 30.4 Å². The zero-order valence-corrected chi connectivity index (χ0v) is 12.5. The van der Waals surface area contributed by atoms with Crippen molar-refractivity contribution < 1.29 is 4.74 Å². The van der Waals surface area contributed by atoms with Gasteiger partial charge in [-0.3, -0.25) is 0 Å². The van der Waals surface area contributed by atoms with Gasteiger partial charge in [0.1, 0.15) is 0 Å². The molecule has 1 fully saturated rings. The predicted molar refractivity (Wildman–Crippen MR) is 80.4 cm³/mol. The fourth-order valence-electron chi connectivity index (χ4n) is 2.79. The Morgan fingerprint density at radius 2 is 1.84 bits per heavy atom. The summed E-state index contributed by atoms with van der Waals surface area (Å²) in [5.41, 5.74) is 2.91. The highest BCUT2D eigenvalue weighted by molar-refractivity contribution is 5.25. The van der Waals surface area contributed by atoms with Gasteiger partial charge in [-0.1, -0.05) is 51.5 Å². The van der Waals surface area contributed by atoms with Crippen LogP contribution in [0.5, 0.6) is 0 Å². The molecule has 2 nitrogen and oxygen atoms in total. The van der Waals surface area contributed by atoms with Crippen molar-refractivity contribution in [2.24, 2.45) is 0 Å². The van der Waals surface area contributed by atoms with Crippen molar-refractivity contribution in [3.05, 3.63) is 35.4 Å². The highest BCUT2D eigenvalue weighted by Gasteiger charge is 2.32. The summed E-state index contributed by atoms with van der Waals surface area (Å²) in [4.78, 5) is 0. The van der Waals surface area contributed by atoms with Crippen molar-refractivity contribution >= 4 is 0 Å². The normalized spacial score (nSPS) is 22.4. The Labute approximate surface area is 117 Å². The molecule has 1 unspecified atom stereocenters. The highest BCUT2D eigenvalue weighted by atomic mass is 16.5. The van der Waals surface area contributed by atoms with Crippen LogP contribution in [0.25, 0.3) is 0 Å². The molecule has 0 saturated carbocycles. The maximum atomic E-state index is 6.10. The molecule has 106 valence electrons. The van der Waals surface area contributed by atoms with Gasteiger partial charge < -0.3 is 10.1 Å². The molecule has 0 aromatic heterocycles. The van der Waals surface area contributed by atoms with Crippen LogP contribution >= 0.6 is 0 Å². The van der Waals surface area contributed by atoms with Crippen LogP contribution in [0.1, 0.15) is 57.3 Å². The largest absolute Gasteiger partial charge is 0.370 e. The lowest BCUT2D eigenvalue weighted by Gasteiger charge is -2.40. The fourth-order valence-corrected chi connectivity index (χ4v) is 2.79. The summed E-state index contributed by atoms with van der Waals surface area (Å²) in [5, 5.41) is 3.70. The van der Waals surface area contributed by atoms with Crippen molar-refractivity contribution in [3.8, 4) is 0 Å². The fraction of sp³-hybridized carbons (Fsp3) is 0.647. The van der Waals surface area contributed by atoms with Crippen LogP contribution in [-0.2, 0) is 11.2 Å². The second-order valence-corrected chi connectivity index (χ2v) is 5.66. The van der Waals surface area contributed by atoms with Crippen molar-refractivity contribution in [1.82, 2.24) is 5.32 Å². The number of hydrogen-bond donors (Lipinski definition) is 1. The number of ether oxygens (including phenoxy) is 1. The van der Waals surface area contributed by atoms with Gasteiger partial charge in [-0.25, -0.2) is 0 Å². The van der Waals surface area contributed by atoms with Crippen LogP contribution in [0.15, 0.2) is 24.3 Å². The topological polar surface area (TPSA) is 21.3 Å². The van der Waals surface area contributed by atoms with E-state index in [1.165, 1.54) is 24.0 Å². The summed E-state index contributed by atoms with van der Waals surface area (Å²) >= 11 is 0. The van der Waals surface area contributed by atoms with Crippen LogP contribution in [-0.4, -0.2) is 18.7 Å². The summed E-state index contributed by atoms with van der Waals surface area (Å²) in [6.45, 7) is 8.44. The molecule has 1 atom stereocenters. The average Bonchev–Trinajstić information content (AvgIpc) is 2.49. The molecule has 2 rings (SSSR count). The molecule has 1 N–H and O–H groups in total. The number of benzene rings is 1.